The lowest BCUT2D eigenvalue weighted by molar-refractivity contribution is -0.138. The van der Waals surface area contributed by atoms with Gasteiger partial charge in [-0.25, -0.2) is 4.79 Å². The van der Waals surface area contributed by atoms with E-state index in [1.165, 1.54) is 0 Å². The van der Waals surface area contributed by atoms with Crippen molar-refractivity contribution < 1.29 is 9.53 Å². The van der Waals surface area contributed by atoms with Gasteiger partial charge in [0, 0.05) is 17.7 Å². The summed E-state index contributed by atoms with van der Waals surface area (Å²) in [6.45, 7) is 0.488. The van der Waals surface area contributed by atoms with Crippen molar-refractivity contribution in [2.45, 2.75) is 12.5 Å². The van der Waals surface area contributed by atoms with Crippen LogP contribution in [0.3, 0.4) is 0 Å². The summed E-state index contributed by atoms with van der Waals surface area (Å²) in [6, 6.07) is 7.10. The molecule has 0 spiro atoms. The molecule has 1 aliphatic heterocycles. The smallest absolute Gasteiger partial charge is 0.328 e. The molecule has 1 aromatic rings. The number of nitrogens with two attached hydrogens (primary N) is 1. The van der Waals surface area contributed by atoms with Crippen molar-refractivity contribution in [3.05, 3.63) is 29.8 Å². The van der Waals surface area contributed by atoms with E-state index in [-0.39, 0.29) is 12.0 Å². The Morgan fingerprint density at radius 3 is 2.62 bits per heavy atom. The molecule has 1 heterocycles. The average Bonchev–Trinajstić information content (AvgIpc) is 2.65. The van der Waals surface area contributed by atoms with Gasteiger partial charge >= 0.3 is 5.97 Å². The fourth-order valence-corrected chi connectivity index (χ4v) is 1.69. The first-order chi connectivity index (χ1) is 7.66. The van der Waals surface area contributed by atoms with E-state index >= 15 is 0 Å². The first-order valence-corrected chi connectivity index (χ1v) is 5.40. The van der Waals surface area contributed by atoms with Crippen molar-refractivity contribution in [2.24, 2.45) is 5.73 Å². The minimum absolute atomic E-state index is 0.196. The van der Waals surface area contributed by atoms with Crippen LogP contribution in [-0.4, -0.2) is 23.6 Å². The number of benzene rings is 1. The Morgan fingerprint density at radius 1 is 1.44 bits per heavy atom. The highest BCUT2D eigenvalue weighted by Crippen LogP contribution is 2.15. The highest BCUT2D eigenvalue weighted by atomic mass is 32.1. The lowest BCUT2D eigenvalue weighted by Gasteiger charge is -2.10. The van der Waals surface area contributed by atoms with E-state index in [1.807, 2.05) is 24.3 Å². The number of hydrogen-bond donors (Lipinski definition) is 2. The number of nitrogens with one attached hydrogen (secondary N) is 1. The van der Waals surface area contributed by atoms with Crippen molar-refractivity contribution in [3.8, 4) is 0 Å². The van der Waals surface area contributed by atoms with Crippen LogP contribution in [0.25, 0.3) is 0 Å². The Labute approximate surface area is 98.8 Å². The third-order valence-electron chi connectivity index (χ3n) is 2.45. The van der Waals surface area contributed by atoms with Crippen LogP contribution in [-0.2, 0) is 9.53 Å². The van der Waals surface area contributed by atoms with Crippen LogP contribution in [0, 0.1) is 0 Å². The molecule has 1 aliphatic rings. The third-order valence-corrected chi connectivity index (χ3v) is 2.68. The first-order valence-electron chi connectivity index (χ1n) is 5.00. The van der Waals surface area contributed by atoms with Crippen molar-refractivity contribution >= 4 is 28.9 Å². The van der Waals surface area contributed by atoms with Crippen LogP contribution in [0.5, 0.6) is 0 Å². The molecule has 1 unspecified atom stereocenters. The molecular formula is C11H12N2O2S. The molecule has 0 saturated carbocycles. The quantitative estimate of drug-likeness (QED) is 0.606. The zero-order valence-corrected chi connectivity index (χ0v) is 9.42. The molecule has 0 amide bonds. The lowest BCUT2D eigenvalue weighted by atomic mass is 10.2. The zero-order chi connectivity index (χ0) is 11.5. The van der Waals surface area contributed by atoms with Crippen molar-refractivity contribution in [1.82, 2.24) is 0 Å². The van der Waals surface area contributed by atoms with E-state index in [2.05, 4.69) is 5.32 Å². The summed E-state index contributed by atoms with van der Waals surface area (Å²) >= 11 is 4.85. The molecule has 0 bridgehead atoms. The SMILES string of the molecule is NC(=S)c1ccc(NC2CCOC2=O)cc1. The van der Waals surface area contributed by atoms with Crippen molar-refractivity contribution in [3.63, 3.8) is 0 Å². The number of hydrogen-bond acceptors (Lipinski definition) is 4. The minimum atomic E-state index is -0.240. The van der Waals surface area contributed by atoms with Crippen LogP contribution in [0.4, 0.5) is 5.69 Å². The Bertz CT molecular complexity index is 416. The van der Waals surface area contributed by atoms with Crippen LogP contribution >= 0.6 is 12.2 Å². The molecule has 5 heteroatoms. The van der Waals surface area contributed by atoms with E-state index in [0.29, 0.717) is 18.0 Å². The van der Waals surface area contributed by atoms with Crippen LogP contribution < -0.4 is 11.1 Å². The second kappa shape index (κ2) is 4.49. The van der Waals surface area contributed by atoms with Gasteiger partial charge in [0.2, 0.25) is 0 Å². The average molecular weight is 236 g/mol. The molecule has 0 radical (unpaired) electrons. The summed E-state index contributed by atoms with van der Waals surface area (Å²) < 4.78 is 4.86. The van der Waals surface area contributed by atoms with Gasteiger partial charge in [-0.05, 0) is 24.3 Å². The minimum Gasteiger partial charge on any atom is -0.464 e. The number of anilines is 1. The highest BCUT2D eigenvalue weighted by Gasteiger charge is 2.25. The normalized spacial score (nSPS) is 19.2. The van der Waals surface area contributed by atoms with Gasteiger partial charge in [0.15, 0.2) is 0 Å². The van der Waals surface area contributed by atoms with Gasteiger partial charge in [-0.15, -0.1) is 0 Å². The van der Waals surface area contributed by atoms with E-state index in [9.17, 15) is 4.79 Å². The Kier molecular flexibility index (Phi) is 3.05. The maximum Gasteiger partial charge on any atom is 0.328 e. The van der Waals surface area contributed by atoms with Gasteiger partial charge in [-0.1, -0.05) is 12.2 Å². The molecule has 0 aromatic heterocycles. The molecule has 2 rings (SSSR count). The molecule has 3 N–H and O–H groups in total. The maximum absolute atomic E-state index is 11.2. The van der Waals surface area contributed by atoms with Gasteiger partial charge in [0.25, 0.3) is 0 Å². The standard InChI is InChI=1S/C11H12N2O2S/c12-10(16)7-1-3-8(4-2-7)13-9-5-6-15-11(9)14/h1-4,9,13H,5-6H2,(H2,12,16). The fourth-order valence-electron chi connectivity index (χ4n) is 1.56. The van der Waals surface area contributed by atoms with Gasteiger partial charge in [-0.2, -0.15) is 0 Å². The fraction of sp³-hybridized carbons (Fsp3) is 0.273. The topological polar surface area (TPSA) is 64.3 Å². The molecule has 1 fully saturated rings. The Morgan fingerprint density at radius 2 is 2.12 bits per heavy atom. The summed E-state index contributed by atoms with van der Waals surface area (Å²) in [5.74, 6) is -0.196. The van der Waals surface area contributed by atoms with Gasteiger partial charge < -0.3 is 15.8 Å². The predicted octanol–water partition coefficient (Wildman–Crippen LogP) is 1.05. The summed E-state index contributed by atoms with van der Waals surface area (Å²) in [5, 5.41) is 3.10. The molecule has 16 heavy (non-hydrogen) atoms. The monoisotopic (exact) mass is 236 g/mol. The molecule has 84 valence electrons. The van der Waals surface area contributed by atoms with Gasteiger partial charge in [0.05, 0.1) is 6.61 Å². The number of carbonyl (C=O) groups is 1. The van der Waals surface area contributed by atoms with Crippen LogP contribution in [0.1, 0.15) is 12.0 Å². The Hall–Kier alpha value is -1.62. The number of rotatable bonds is 3. The molecular weight excluding hydrogens is 224 g/mol. The third kappa shape index (κ3) is 2.30. The summed E-state index contributed by atoms with van der Waals surface area (Å²) in [5.41, 5.74) is 7.17. The Balaban J connectivity index is 2.05. The van der Waals surface area contributed by atoms with Crippen LogP contribution in [0.2, 0.25) is 0 Å². The highest BCUT2D eigenvalue weighted by molar-refractivity contribution is 7.80. The zero-order valence-electron chi connectivity index (χ0n) is 8.60. The number of cyclic esters (lactones) is 1. The summed E-state index contributed by atoms with van der Waals surface area (Å²) in [6.07, 6.45) is 0.704. The van der Waals surface area contributed by atoms with E-state index < -0.39 is 0 Å². The summed E-state index contributed by atoms with van der Waals surface area (Å²) in [7, 11) is 0. The van der Waals surface area contributed by atoms with E-state index in [4.69, 9.17) is 22.7 Å². The van der Waals surface area contributed by atoms with Gasteiger partial charge in [-0.3, -0.25) is 0 Å². The maximum atomic E-state index is 11.2. The number of esters is 1. The van der Waals surface area contributed by atoms with Crippen molar-refractivity contribution in [1.29, 1.82) is 0 Å². The lowest BCUT2D eigenvalue weighted by Crippen LogP contribution is -2.24. The molecule has 1 aromatic carbocycles. The predicted molar refractivity (Wildman–Crippen MR) is 65.3 cm³/mol. The number of thiocarbonyl (C=S) groups is 1. The largest absolute Gasteiger partial charge is 0.464 e. The van der Waals surface area contributed by atoms with Gasteiger partial charge in [0.1, 0.15) is 11.0 Å². The molecule has 1 saturated heterocycles. The number of ether oxygens (including phenoxy) is 1. The number of carbonyl (C=O) groups excluding carboxylic acids is 1. The second-order valence-corrected chi connectivity index (χ2v) is 4.03. The molecule has 4 nitrogen and oxygen atoms in total. The first kappa shape index (κ1) is 10.9. The van der Waals surface area contributed by atoms with E-state index in [0.717, 1.165) is 11.3 Å². The molecule has 1 atom stereocenters. The van der Waals surface area contributed by atoms with E-state index in [1.54, 1.807) is 0 Å². The molecule has 0 aliphatic carbocycles. The second-order valence-electron chi connectivity index (χ2n) is 3.59. The van der Waals surface area contributed by atoms with Crippen molar-refractivity contribution in [2.75, 3.05) is 11.9 Å². The van der Waals surface area contributed by atoms with Crippen LogP contribution in [0.15, 0.2) is 24.3 Å². The summed E-state index contributed by atoms with van der Waals surface area (Å²) in [4.78, 5) is 11.6.